The summed E-state index contributed by atoms with van der Waals surface area (Å²) in [7, 11) is 0. The number of ether oxygens (including phenoxy) is 1. The molecule has 0 aliphatic rings. The molecule has 8 heteroatoms. The largest absolute Gasteiger partial charge is 0.480 e. The van der Waals surface area contributed by atoms with Crippen molar-refractivity contribution in [3.63, 3.8) is 0 Å². The van der Waals surface area contributed by atoms with Crippen molar-refractivity contribution >= 4 is 18.0 Å². The monoisotopic (exact) mass is 326 g/mol. The maximum Gasteiger partial charge on any atom is 0.408 e. The van der Waals surface area contributed by atoms with E-state index in [1.54, 1.807) is 20.8 Å². The minimum absolute atomic E-state index is 0.214. The van der Waals surface area contributed by atoms with Gasteiger partial charge in [-0.15, -0.1) is 0 Å². The topological polar surface area (TPSA) is 105 Å². The number of carboxylic acid groups (broad SMARTS) is 1. The van der Waals surface area contributed by atoms with Gasteiger partial charge in [0, 0.05) is 6.54 Å². The Morgan fingerprint density at radius 1 is 1.26 bits per heavy atom. The molecule has 0 saturated carbocycles. The fraction of sp³-hybridized carbons (Fsp3) is 0.400. The number of aliphatic carboxylic acids is 1. The summed E-state index contributed by atoms with van der Waals surface area (Å²) in [4.78, 5) is 34.5. The molecule has 0 aromatic heterocycles. The Bertz CT molecular complexity index is 598. The normalized spacial score (nSPS) is 12.2. The molecule has 7 nitrogen and oxygen atoms in total. The second-order valence-electron chi connectivity index (χ2n) is 5.73. The summed E-state index contributed by atoms with van der Waals surface area (Å²) in [6.45, 7) is 4.47. The first kappa shape index (κ1) is 18.4. The number of carboxylic acids is 1. The van der Waals surface area contributed by atoms with Crippen LogP contribution in [-0.2, 0) is 9.53 Å². The predicted molar refractivity (Wildman–Crippen MR) is 79.5 cm³/mol. The van der Waals surface area contributed by atoms with E-state index in [0.29, 0.717) is 0 Å². The Morgan fingerprint density at radius 3 is 2.39 bits per heavy atom. The Balaban J connectivity index is 2.64. The first-order chi connectivity index (χ1) is 10.6. The Hall–Kier alpha value is -2.64. The number of nitrogens with one attached hydrogen (secondary N) is 2. The molecule has 0 heterocycles. The van der Waals surface area contributed by atoms with Gasteiger partial charge in [0.05, 0.1) is 5.56 Å². The average molecular weight is 326 g/mol. The van der Waals surface area contributed by atoms with Crippen molar-refractivity contribution in [2.24, 2.45) is 0 Å². The second-order valence-corrected chi connectivity index (χ2v) is 5.73. The summed E-state index contributed by atoms with van der Waals surface area (Å²) in [5, 5.41) is 13.4. The molecule has 2 amide bonds. The number of carbonyl (C=O) groups excluding carboxylic acids is 2. The van der Waals surface area contributed by atoms with Gasteiger partial charge in [-0.2, -0.15) is 0 Å². The Labute approximate surface area is 132 Å². The lowest BCUT2D eigenvalue weighted by Gasteiger charge is -2.22. The van der Waals surface area contributed by atoms with Gasteiger partial charge in [0.2, 0.25) is 0 Å². The van der Waals surface area contributed by atoms with E-state index in [1.807, 2.05) is 0 Å². The number of hydrogen-bond donors (Lipinski definition) is 3. The van der Waals surface area contributed by atoms with Crippen LogP contribution in [0.25, 0.3) is 0 Å². The van der Waals surface area contributed by atoms with Crippen LogP contribution in [-0.4, -0.2) is 41.3 Å². The lowest BCUT2D eigenvalue weighted by molar-refractivity contribution is -0.139. The SMILES string of the molecule is CC(C)(C)OC(=O)N[C@@H](CNC(=O)c1ccccc1F)C(=O)O. The maximum atomic E-state index is 13.5. The van der Waals surface area contributed by atoms with Crippen LogP contribution < -0.4 is 10.6 Å². The highest BCUT2D eigenvalue weighted by Gasteiger charge is 2.24. The van der Waals surface area contributed by atoms with Crippen molar-refractivity contribution in [1.82, 2.24) is 10.6 Å². The molecule has 126 valence electrons. The molecule has 0 aliphatic heterocycles. The third-order valence-corrected chi connectivity index (χ3v) is 2.57. The number of benzene rings is 1. The lowest BCUT2D eigenvalue weighted by Crippen LogP contribution is -2.49. The molecule has 0 bridgehead atoms. The van der Waals surface area contributed by atoms with E-state index in [2.05, 4.69) is 10.6 Å². The number of carbonyl (C=O) groups is 3. The zero-order valence-corrected chi connectivity index (χ0v) is 13.1. The van der Waals surface area contributed by atoms with Gasteiger partial charge in [-0.3, -0.25) is 4.79 Å². The molecular weight excluding hydrogens is 307 g/mol. The summed E-state index contributed by atoms with van der Waals surface area (Å²) in [5.41, 5.74) is -1.00. The number of alkyl carbamates (subject to hydrolysis) is 1. The van der Waals surface area contributed by atoms with Crippen LogP contribution in [0, 0.1) is 5.82 Å². The van der Waals surface area contributed by atoms with Crippen molar-refractivity contribution < 1.29 is 28.6 Å². The minimum Gasteiger partial charge on any atom is -0.480 e. The number of halogens is 1. The van der Waals surface area contributed by atoms with Gasteiger partial charge in [-0.1, -0.05) is 12.1 Å². The Kier molecular flexibility index (Phi) is 6.06. The van der Waals surface area contributed by atoms with E-state index < -0.39 is 42.0 Å². The van der Waals surface area contributed by atoms with Crippen molar-refractivity contribution in [3.05, 3.63) is 35.6 Å². The van der Waals surface area contributed by atoms with Crippen LogP contribution in [0.3, 0.4) is 0 Å². The molecule has 0 aliphatic carbocycles. The Morgan fingerprint density at radius 2 is 1.87 bits per heavy atom. The first-order valence-electron chi connectivity index (χ1n) is 6.85. The van der Waals surface area contributed by atoms with E-state index in [4.69, 9.17) is 9.84 Å². The molecule has 1 aromatic rings. The van der Waals surface area contributed by atoms with E-state index >= 15 is 0 Å². The quantitative estimate of drug-likeness (QED) is 0.761. The summed E-state index contributed by atoms with van der Waals surface area (Å²) in [6.07, 6.45) is -0.926. The number of rotatable bonds is 5. The molecule has 0 radical (unpaired) electrons. The molecule has 0 unspecified atom stereocenters. The van der Waals surface area contributed by atoms with Gasteiger partial charge < -0.3 is 20.5 Å². The van der Waals surface area contributed by atoms with Gasteiger partial charge in [-0.25, -0.2) is 14.0 Å². The van der Waals surface area contributed by atoms with Gasteiger partial charge in [0.1, 0.15) is 17.5 Å². The average Bonchev–Trinajstić information content (AvgIpc) is 2.41. The highest BCUT2D eigenvalue weighted by molar-refractivity contribution is 5.94. The maximum absolute atomic E-state index is 13.5. The van der Waals surface area contributed by atoms with Crippen LogP contribution in [0.1, 0.15) is 31.1 Å². The molecular formula is C15H19FN2O5. The fourth-order valence-corrected chi connectivity index (χ4v) is 1.59. The summed E-state index contributed by atoms with van der Waals surface area (Å²) in [6, 6.07) is 3.88. The molecule has 1 rings (SSSR count). The standard InChI is InChI=1S/C15H19FN2O5/c1-15(2,3)23-14(22)18-11(13(20)21)8-17-12(19)9-6-4-5-7-10(9)16/h4-7,11H,8H2,1-3H3,(H,17,19)(H,18,22)(H,20,21)/t11-/m0/s1. The molecule has 0 saturated heterocycles. The van der Waals surface area contributed by atoms with Crippen molar-refractivity contribution in [2.75, 3.05) is 6.54 Å². The van der Waals surface area contributed by atoms with E-state index in [9.17, 15) is 18.8 Å². The number of hydrogen-bond acceptors (Lipinski definition) is 4. The van der Waals surface area contributed by atoms with Crippen LogP contribution in [0.4, 0.5) is 9.18 Å². The van der Waals surface area contributed by atoms with Crippen LogP contribution >= 0.6 is 0 Å². The second kappa shape index (κ2) is 7.57. The van der Waals surface area contributed by atoms with Gasteiger partial charge in [0.25, 0.3) is 5.91 Å². The molecule has 3 N–H and O–H groups in total. The predicted octanol–water partition coefficient (Wildman–Crippen LogP) is 1.53. The van der Waals surface area contributed by atoms with Gasteiger partial charge in [-0.05, 0) is 32.9 Å². The van der Waals surface area contributed by atoms with Crippen LogP contribution in [0.15, 0.2) is 24.3 Å². The first-order valence-corrected chi connectivity index (χ1v) is 6.85. The zero-order valence-electron chi connectivity index (χ0n) is 13.1. The van der Waals surface area contributed by atoms with E-state index in [-0.39, 0.29) is 5.56 Å². The van der Waals surface area contributed by atoms with E-state index in [1.165, 1.54) is 18.2 Å². The number of amides is 2. The summed E-state index contributed by atoms with van der Waals surface area (Å²) >= 11 is 0. The van der Waals surface area contributed by atoms with Crippen molar-refractivity contribution in [2.45, 2.75) is 32.4 Å². The third kappa shape index (κ3) is 6.33. The highest BCUT2D eigenvalue weighted by Crippen LogP contribution is 2.07. The molecule has 23 heavy (non-hydrogen) atoms. The van der Waals surface area contributed by atoms with Crippen LogP contribution in [0.5, 0.6) is 0 Å². The zero-order chi connectivity index (χ0) is 17.6. The van der Waals surface area contributed by atoms with Crippen molar-refractivity contribution in [1.29, 1.82) is 0 Å². The minimum atomic E-state index is -1.40. The van der Waals surface area contributed by atoms with Gasteiger partial charge >= 0.3 is 12.1 Å². The van der Waals surface area contributed by atoms with Gasteiger partial charge in [0.15, 0.2) is 0 Å². The molecule has 0 fully saturated rings. The highest BCUT2D eigenvalue weighted by atomic mass is 19.1. The smallest absolute Gasteiger partial charge is 0.408 e. The van der Waals surface area contributed by atoms with Crippen molar-refractivity contribution in [3.8, 4) is 0 Å². The van der Waals surface area contributed by atoms with E-state index in [0.717, 1.165) is 6.07 Å². The summed E-state index contributed by atoms with van der Waals surface area (Å²) in [5.74, 6) is -2.86. The lowest BCUT2D eigenvalue weighted by atomic mass is 10.2. The fourth-order valence-electron chi connectivity index (χ4n) is 1.59. The molecule has 0 spiro atoms. The third-order valence-electron chi connectivity index (χ3n) is 2.57. The molecule has 1 aromatic carbocycles. The summed E-state index contributed by atoms with van der Waals surface area (Å²) < 4.78 is 18.4. The van der Waals surface area contributed by atoms with Crippen LogP contribution in [0.2, 0.25) is 0 Å². The molecule has 1 atom stereocenters.